The number of nitro benzene ring substituents is 1. The maximum Gasteiger partial charge on any atom is 0.277 e. The molecule has 0 atom stereocenters. The first-order valence-corrected chi connectivity index (χ1v) is 10.1. The fourth-order valence-corrected chi connectivity index (χ4v) is 4.14. The molecule has 148 valence electrons. The lowest BCUT2D eigenvalue weighted by atomic mass is 9.90. The van der Waals surface area contributed by atoms with Crippen LogP contribution in [0.1, 0.15) is 0 Å². The Morgan fingerprint density at radius 3 is 1.74 bits per heavy atom. The minimum Gasteiger partial charge on any atom is -0.258 e. The number of fused-ring (bicyclic) bond motifs is 1. The van der Waals surface area contributed by atoms with Crippen molar-refractivity contribution in [2.45, 2.75) is 0 Å². The van der Waals surface area contributed by atoms with Gasteiger partial charge in [-0.25, -0.2) is 0 Å². The molecule has 0 aromatic heterocycles. The molecule has 0 unspecified atom stereocenters. The Hall–Kier alpha value is -4.24. The molecule has 5 aromatic carbocycles. The van der Waals surface area contributed by atoms with E-state index in [1.807, 2.05) is 48.5 Å². The lowest BCUT2D eigenvalue weighted by Gasteiger charge is -2.13. The van der Waals surface area contributed by atoms with E-state index in [-0.39, 0.29) is 10.6 Å². The van der Waals surface area contributed by atoms with E-state index in [2.05, 4.69) is 54.6 Å². The van der Waals surface area contributed by atoms with Crippen LogP contribution in [0.25, 0.3) is 44.2 Å². The van der Waals surface area contributed by atoms with Crippen LogP contribution >= 0.6 is 0 Å². The van der Waals surface area contributed by atoms with Crippen LogP contribution in [0.4, 0.5) is 5.69 Å². The van der Waals surface area contributed by atoms with Crippen LogP contribution in [0, 0.1) is 10.1 Å². The van der Waals surface area contributed by atoms with Gasteiger partial charge in [0.1, 0.15) is 0 Å². The van der Waals surface area contributed by atoms with E-state index in [0.29, 0.717) is 5.56 Å². The van der Waals surface area contributed by atoms with Crippen LogP contribution in [0.3, 0.4) is 0 Å². The molecule has 5 aromatic rings. The number of hydrogen-bond acceptors (Lipinski definition) is 2. The van der Waals surface area contributed by atoms with Crippen molar-refractivity contribution in [1.29, 1.82) is 0 Å². The summed E-state index contributed by atoms with van der Waals surface area (Å²) >= 11 is 0. The summed E-state index contributed by atoms with van der Waals surface area (Å²) in [5.74, 6) is 0. The SMILES string of the molecule is O=[N+]([O-])c1ccccc1-c1cccc2cccc(-c3ccc(-c4ccccc4)cc3)c12. The largest absolute Gasteiger partial charge is 0.277 e. The first-order chi connectivity index (χ1) is 15.2. The Morgan fingerprint density at radius 1 is 0.484 bits per heavy atom. The molecule has 0 amide bonds. The summed E-state index contributed by atoms with van der Waals surface area (Å²) in [6, 6.07) is 37.8. The molecule has 3 nitrogen and oxygen atoms in total. The summed E-state index contributed by atoms with van der Waals surface area (Å²) in [4.78, 5) is 11.3. The van der Waals surface area contributed by atoms with Gasteiger partial charge in [0, 0.05) is 6.07 Å². The first-order valence-electron chi connectivity index (χ1n) is 10.1. The normalized spacial score (nSPS) is 10.8. The Morgan fingerprint density at radius 2 is 1.03 bits per heavy atom. The standard InChI is InChI=1S/C28H19NO2/c30-29(31)27-15-5-4-12-25(27)26-14-7-11-23-10-6-13-24(28(23)26)22-18-16-21(17-19-22)20-8-2-1-3-9-20/h1-19H. The molecular weight excluding hydrogens is 382 g/mol. The van der Waals surface area contributed by atoms with E-state index in [4.69, 9.17) is 0 Å². The molecule has 0 aliphatic rings. The summed E-state index contributed by atoms with van der Waals surface area (Å²) in [6.07, 6.45) is 0. The Balaban J connectivity index is 1.70. The van der Waals surface area contributed by atoms with Crippen molar-refractivity contribution < 1.29 is 4.92 Å². The van der Waals surface area contributed by atoms with Gasteiger partial charge in [0.15, 0.2) is 0 Å². The summed E-state index contributed by atoms with van der Waals surface area (Å²) in [5, 5.41) is 13.7. The Bertz CT molecular complexity index is 1380. The highest BCUT2D eigenvalue weighted by molar-refractivity contribution is 6.07. The second-order valence-corrected chi connectivity index (χ2v) is 7.43. The minimum atomic E-state index is -0.314. The molecule has 0 N–H and O–H groups in total. The lowest BCUT2D eigenvalue weighted by Crippen LogP contribution is -1.93. The maximum atomic E-state index is 11.7. The number of rotatable bonds is 4. The lowest BCUT2D eigenvalue weighted by molar-refractivity contribution is -0.384. The van der Waals surface area contributed by atoms with Gasteiger partial charge < -0.3 is 0 Å². The summed E-state index contributed by atoms with van der Waals surface area (Å²) in [6.45, 7) is 0. The summed E-state index contributed by atoms with van der Waals surface area (Å²) < 4.78 is 0. The van der Waals surface area contributed by atoms with Crippen molar-refractivity contribution in [3.05, 3.63) is 125 Å². The predicted molar refractivity (Wildman–Crippen MR) is 127 cm³/mol. The highest BCUT2D eigenvalue weighted by Gasteiger charge is 2.18. The minimum absolute atomic E-state index is 0.115. The number of hydrogen-bond donors (Lipinski definition) is 0. The highest BCUT2D eigenvalue weighted by atomic mass is 16.6. The molecule has 0 aliphatic heterocycles. The fraction of sp³-hybridized carbons (Fsp3) is 0. The molecule has 0 radical (unpaired) electrons. The molecule has 3 heteroatoms. The van der Waals surface area contributed by atoms with E-state index >= 15 is 0 Å². The van der Waals surface area contributed by atoms with Crippen LogP contribution in [-0.4, -0.2) is 4.92 Å². The molecular formula is C28H19NO2. The monoisotopic (exact) mass is 401 g/mol. The Labute approximate surface area is 180 Å². The Kier molecular flexibility index (Phi) is 4.77. The molecule has 0 fully saturated rings. The van der Waals surface area contributed by atoms with Gasteiger partial charge in [0.05, 0.1) is 10.5 Å². The summed E-state index contributed by atoms with van der Waals surface area (Å²) in [7, 11) is 0. The average molecular weight is 401 g/mol. The molecule has 5 rings (SSSR count). The van der Waals surface area contributed by atoms with Gasteiger partial charge in [-0.15, -0.1) is 0 Å². The van der Waals surface area contributed by atoms with Crippen molar-refractivity contribution in [2.75, 3.05) is 0 Å². The quantitative estimate of drug-likeness (QED) is 0.228. The van der Waals surface area contributed by atoms with Gasteiger partial charge in [0.2, 0.25) is 0 Å². The maximum absolute atomic E-state index is 11.7. The predicted octanol–water partition coefficient (Wildman–Crippen LogP) is 7.75. The molecule has 0 aliphatic carbocycles. The third-order valence-electron chi connectivity index (χ3n) is 5.60. The molecule has 0 saturated heterocycles. The summed E-state index contributed by atoms with van der Waals surface area (Å²) in [5.41, 5.74) is 6.08. The van der Waals surface area contributed by atoms with Crippen molar-refractivity contribution in [3.8, 4) is 33.4 Å². The van der Waals surface area contributed by atoms with Gasteiger partial charge in [-0.2, -0.15) is 0 Å². The third-order valence-corrected chi connectivity index (χ3v) is 5.60. The van der Waals surface area contributed by atoms with E-state index < -0.39 is 0 Å². The highest BCUT2D eigenvalue weighted by Crippen LogP contribution is 2.40. The van der Waals surface area contributed by atoms with E-state index in [1.54, 1.807) is 12.1 Å². The first kappa shape index (κ1) is 18.8. The average Bonchev–Trinajstić information content (AvgIpc) is 2.84. The fourth-order valence-electron chi connectivity index (χ4n) is 4.14. The van der Waals surface area contributed by atoms with Crippen molar-refractivity contribution in [3.63, 3.8) is 0 Å². The smallest absolute Gasteiger partial charge is 0.258 e. The van der Waals surface area contributed by atoms with Crippen LogP contribution in [-0.2, 0) is 0 Å². The van der Waals surface area contributed by atoms with Crippen LogP contribution in [0.2, 0.25) is 0 Å². The van der Waals surface area contributed by atoms with Crippen LogP contribution < -0.4 is 0 Å². The second-order valence-electron chi connectivity index (χ2n) is 7.43. The van der Waals surface area contributed by atoms with Crippen molar-refractivity contribution >= 4 is 16.5 Å². The zero-order valence-electron chi connectivity index (χ0n) is 16.7. The number of para-hydroxylation sites is 1. The molecule has 31 heavy (non-hydrogen) atoms. The van der Waals surface area contributed by atoms with Gasteiger partial charge in [-0.1, -0.05) is 103 Å². The van der Waals surface area contributed by atoms with Gasteiger partial charge >= 0.3 is 0 Å². The number of benzene rings is 5. The number of nitro groups is 1. The van der Waals surface area contributed by atoms with E-state index in [9.17, 15) is 10.1 Å². The molecule has 0 spiro atoms. The van der Waals surface area contributed by atoms with Gasteiger partial charge in [-0.05, 0) is 44.7 Å². The zero-order valence-corrected chi connectivity index (χ0v) is 16.7. The van der Waals surface area contributed by atoms with Crippen LogP contribution in [0.15, 0.2) is 115 Å². The zero-order chi connectivity index (χ0) is 21.2. The molecule has 0 bridgehead atoms. The van der Waals surface area contributed by atoms with E-state index in [0.717, 1.165) is 33.0 Å². The van der Waals surface area contributed by atoms with Crippen LogP contribution in [0.5, 0.6) is 0 Å². The van der Waals surface area contributed by atoms with Gasteiger partial charge in [0.25, 0.3) is 5.69 Å². The molecule has 0 saturated carbocycles. The number of nitrogens with zero attached hydrogens (tertiary/aromatic N) is 1. The molecule has 0 heterocycles. The second kappa shape index (κ2) is 7.88. The van der Waals surface area contributed by atoms with E-state index in [1.165, 1.54) is 5.56 Å². The van der Waals surface area contributed by atoms with Crippen molar-refractivity contribution in [1.82, 2.24) is 0 Å². The van der Waals surface area contributed by atoms with Crippen molar-refractivity contribution in [2.24, 2.45) is 0 Å². The topological polar surface area (TPSA) is 43.1 Å². The van der Waals surface area contributed by atoms with Gasteiger partial charge in [-0.3, -0.25) is 10.1 Å². The third kappa shape index (κ3) is 3.47.